The fourth-order valence-corrected chi connectivity index (χ4v) is 4.12. The van der Waals surface area contributed by atoms with Crippen LogP contribution >= 0.6 is 11.6 Å². The van der Waals surface area contributed by atoms with Gasteiger partial charge in [-0.3, -0.25) is 9.59 Å². The van der Waals surface area contributed by atoms with E-state index in [0.717, 1.165) is 0 Å². The third-order valence-corrected chi connectivity index (χ3v) is 5.83. The molecule has 1 saturated heterocycles. The normalized spacial score (nSPS) is 17.2. The van der Waals surface area contributed by atoms with E-state index in [9.17, 15) is 14.7 Å². The van der Waals surface area contributed by atoms with Crippen molar-refractivity contribution in [2.75, 3.05) is 13.2 Å². The first-order valence-electron chi connectivity index (χ1n) is 10.8. The Balaban J connectivity index is 1.73. The van der Waals surface area contributed by atoms with Crippen molar-refractivity contribution in [3.8, 4) is 5.75 Å². The van der Waals surface area contributed by atoms with Crippen LogP contribution in [0.5, 0.6) is 5.75 Å². The van der Waals surface area contributed by atoms with Gasteiger partial charge < -0.3 is 19.3 Å². The van der Waals surface area contributed by atoms with E-state index in [1.807, 2.05) is 16.8 Å². The van der Waals surface area contributed by atoms with Crippen LogP contribution in [0.1, 0.15) is 23.6 Å². The van der Waals surface area contributed by atoms with Gasteiger partial charge in [-0.15, -0.1) is 0 Å². The predicted octanol–water partition coefficient (Wildman–Crippen LogP) is 4.61. The maximum Gasteiger partial charge on any atom is 0.295 e. The third kappa shape index (κ3) is 4.89. The number of aliphatic hydroxyl groups is 1. The first kappa shape index (κ1) is 23.3. The lowest BCUT2D eigenvalue weighted by Crippen LogP contribution is -2.31. The topological polar surface area (TPSA) is 84.7 Å². The number of ketones is 1. The number of carbonyl (C=O) groups is 2. The molecule has 0 aliphatic carbocycles. The van der Waals surface area contributed by atoms with Gasteiger partial charge in [0.15, 0.2) is 0 Å². The van der Waals surface area contributed by atoms with Crippen LogP contribution in [0.4, 0.5) is 0 Å². The number of amides is 1. The number of likely N-dealkylation sites (tertiary alicyclic amines) is 1. The molecule has 7 nitrogen and oxygen atoms in total. The monoisotopic (exact) mass is 477 g/mol. The zero-order valence-corrected chi connectivity index (χ0v) is 19.2. The van der Waals surface area contributed by atoms with E-state index in [0.29, 0.717) is 48.0 Å². The highest BCUT2D eigenvalue weighted by molar-refractivity contribution is 6.46. The molecular weight excluding hydrogens is 454 g/mol. The fourth-order valence-electron chi connectivity index (χ4n) is 3.99. The molecule has 1 aromatic heterocycles. The van der Waals surface area contributed by atoms with Gasteiger partial charge in [0, 0.05) is 36.1 Å². The second-order valence-corrected chi connectivity index (χ2v) is 8.26. The number of hydrogen-bond donors (Lipinski definition) is 1. The van der Waals surface area contributed by atoms with Crippen molar-refractivity contribution in [3.63, 3.8) is 0 Å². The van der Waals surface area contributed by atoms with E-state index in [2.05, 4.69) is 11.6 Å². The van der Waals surface area contributed by atoms with Gasteiger partial charge >= 0.3 is 0 Å². The van der Waals surface area contributed by atoms with Crippen molar-refractivity contribution >= 4 is 29.1 Å². The SMILES string of the molecule is C=CCOc1cccc([C@@H]2/C(=C(\O)c3ccc(Cl)cc3)C(=O)C(=O)N2CCCn2ccnc2)c1. The van der Waals surface area contributed by atoms with E-state index >= 15 is 0 Å². The van der Waals surface area contributed by atoms with Crippen molar-refractivity contribution < 1.29 is 19.4 Å². The molecule has 0 radical (unpaired) electrons. The number of ether oxygens (including phenoxy) is 1. The Morgan fingerprint density at radius 3 is 2.68 bits per heavy atom. The van der Waals surface area contributed by atoms with E-state index in [1.54, 1.807) is 61.1 Å². The zero-order valence-electron chi connectivity index (χ0n) is 18.4. The molecular formula is C26H24ClN3O4. The van der Waals surface area contributed by atoms with Crippen LogP contribution in [0.2, 0.25) is 5.02 Å². The van der Waals surface area contributed by atoms with E-state index in [-0.39, 0.29) is 11.3 Å². The third-order valence-electron chi connectivity index (χ3n) is 5.57. The Kier molecular flexibility index (Phi) is 7.13. The number of nitrogens with zero attached hydrogens (tertiary/aromatic N) is 3. The molecule has 0 bridgehead atoms. The number of carbonyl (C=O) groups excluding carboxylic acids is 2. The summed E-state index contributed by atoms with van der Waals surface area (Å²) in [4.78, 5) is 31.8. The maximum atomic E-state index is 13.1. The van der Waals surface area contributed by atoms with Crippen molar-refractivity contribution in [1.82, 2.24) is 14.5 Å². The van der Waals surface area contributed by atoms with Crippen molar-refractivity contribution in [1.29, 1.82) is 0 Å². The van der Waals surface area contributed by atoms with Gasteiger partial charge in [-0.1, -0.05) is 36.4 Å². The lowest BCUT2D eigenvalue weighted by atomic mass is 9.95. The summed E-state index contributed by atoms with van der Waals surface area (Å²) in [5.41, 5.74) is 1.11. The molecule has 0 saturated carbocycles. The minimum Gasteiger partial charge on any atom is -0.507 e. The lowest BCUT2D eigenvalue weighted by Gasteiger charge is -2.25. The summed E-state index contributed by atoms with van der Waals surface area (Å²) >= 11 is 5.98. The predicted molar refractivity (Wildman–Crippen MR) is 129 cm³/mol. The van der Waals surface area contributed by atoms with Gasteiger partial charge in [-0.25, -0.2) is 4.98 Å². The highest BCUT2D eigenvalue weighted by Crippen LogP contribution is 2.40. The molecule has 0 spiro atoms. The number of aromatic nitrogens is 2. The molecule has 1 amide bonds. The zero-order chi connectivity index (χ0) is 24.1. The van der Waals surface area contributed by atoms with Gasteiger partial charge in [0.2, 0.25) is 0 Å². The molecule has 3 aromatic rings. The molecule has 4 rings (SSSR count). The summed E-state index contributed by atoms with van der Waals surface area (Å²) in [5, 5.41) is 11.6. The highest BCUT2D eigenvalue weighted by Gasteiger charge is 2.45. The maximum absolute atomic E-state index is 13.1. The van der Waals surface area contributed by atoms with E-state index in [1.165, 1.54) is 4.90 Å². The standard InChI is InChI=1S/C26H24ClN3O4/c1-2-15-34-21-6-3-5-19(16-21)23-22(24(31)18-7-9-20(27)10-8-18)25(32)26(33)30(23)13-4-12-29-14-11-28-17-29/h2-3,5-11,14,16-17,23,31H,1,4,12-13,15H2/b24-22+/t23-/m1/s1. The Bertz CT molecular complexity index is 1220. The quantitative estimate of drug-likeness (QED) is 0.210. The average Bonchev–Trinajstić information content (AvgIpc) is 3.45. The van der Waals surface area contributed by atoms with Gasteiger partial charge in [-0.2, -0.15) is 0 Å². The molecule has 1 aliphatic heterocycles. The van der Waals surface area contributed by atoms with Gasteiger partial charge in [0.1, 0.15) is 18.1 Å². The average molecular weight is 478 g/mol. The van der Waals surface area contributed by atoms with Crippen LogP contribution < -0.4 is 4.74 Å². The Morgan fingerprint density at radius 2 is 1.97 bits per heavy atom. The Labute approximate surface area is 202 Å². The largest absolute Gasteiger partial charge is 0.507 e. The number of imidazole rings is 1. The van der Waals surface area contributed by atoms with E-state index in [4.69, 9.17) is 16.3 Å². The number of Topliss-reactive ketones (excluding diaryl/α,β-unsaturated/α-hetero) is 1. The van der Waals surface area contributed by atoms with Gasteiger partial charge in [0.25, 0.3) is 11.7 Å². The summed E-state index contributed by atoms with van der Waals surface area (Å²) in [6.07, 6.45) is 7.47. The summed E-state index contributed by atoms with van der Waals surface area (Å²) in [6.45, 7) is 4.93. The minimum atomic E-state index is -0.759. The smallest absolute Gasteiger partial charge is 0.295 e. The van der Waals surface area contributed by atoms with Crippen molar-refractivity contribution in [3.05, 3.63) is 102 Å². The molecule has 2 aromatic carbocycles. The first-order valence-corrected chi connectivity index (χ1v) is 11.2. The summed E-state index contributed by atoms with van der Waals surface area (Å²) < 4.78 is 7.56. The molecule has 174 valence electrons. The molecule has 1 fully saturated rings. The van der Waals surface area contributed by atoms with Crippen LogP contribution in [-0.2, 0) is 16.1 Å². The fraction of sp³-hybridized carbons (Fsp3) is 0.192. The second-order valence-electron chi connectivity index (χ2n) is 7.83. The highest BCUT2D eigenvalue weighted by atomic mass is 35.5. The summed E-state index contributed by atoms with van der Waals surface area (Å²) in [7, 11) is 0. The number of hydrogen-bond acceptors (Lipinski definition) is 5. The van der Waals surface area contributed by atoms with Crippen molar-refractivity contribution in [2.45, 2.75) is 19.0 Å². The molecule has 1 atom stereocenters. The molecule has 0 unspecified atom stereocenters. The molecule has 34 heavy (non-hydrogen) atoms. The first-order chi connectivity index (χ1) is 16.5. The summed E-state index contributed by atoms with van der Waals surface area (Å²) in [5.74, 6) is -1.04. The van der Waals surface area contributed by atoms with Crippen LogP contribution in [0.15, 0.2) is 85.5 Å². The second kappa shape index (κ2) is 10.4. The molecule has 8 heteroatoms. The number of benzene rings is 2. The Hall–Kier alpha value is -3.84. The molecule has 2 heterocycles. The number of halogens is 1. The lowest BCUT2D eigenvalue weighted by molar-refractivity contribution is -0.139. The van der Waals surface area contributed by atoms with E-state index < -0.39 is 17.7 Å². The number of aryl methyl sites for hydroxylation is 1. The van der Waals surface area contributed by atoms with Crippen LogP contribution in [-0.4, -0.2) is 44.4 Å². The number of rotatable bonds is 9. The van der Waals surface area contributed by atoms with Crippen LogP contribution in [0.25, 0.3) is 5.76 Å². The Morgan fingerprint density at radius 1 is 1.18 bits per heavy atom. The van der Waals surface area contributed by atoms with Crippen LogP contribution in [0, 0.1) is 0 Å². The van der Waals surface area contributed by atoms with Gasteiger partial charge in [-0.05, 0) is 48.4 Å². The van der Waals surface area contributed by atoms with Crippen LogP contribution in [0.3, 0.4) is 0 Å². The molecule has 1 aliphatic rings. The van der Waals surface area contributed by atoms with Crippen molar-refractivity contribution in [2.24, 2.45) is 0 Å². The summed E-state index contributed by atoms with van der Waals surface area (Å²) in [6, 6.07) is 12.9. The number of aliphatic hydroxyl groups excluding tert-OH is 1. The minimum absolute atomic E-state index is 0.0378. The van der Waals surface area contributed by atoms with Gasteiger partial charge in [0.05, 0.1) is 17.9 Å². The molecule has 1 N–H and O–H groups in total.